The largest absolute Gasteiger partial charge is 0.403 e. The molecular formula is C25H21IN4O3S. The lowest BCUT2D eigenvalue weighted by Crippen LogP contribution is -2.11. The second-order valence-corrected chi connectivity index (χ2v) is 11.0. The molecule has 2 heterocycles. The van der Waals surface area contributed by atoms with Gasteiger partial charge < -0.3 is 9.73 Å². The lowest BCUT2D eigenvalue weighted by molar-refractivity contribution is 0.573. The minimum atomic E-state index is -3.72. The molecule has 9 heteroatoms. The van der Waals surface area contributed by atoms with Crippen molar-refractivity contribution in [3.63, 3.8) is 0 Å². The summed E-state index contributed by atoms with van der Waals surface area (Å²) in [4.78, 5) is 0.246. The molecule has 0 amide bonds. The van der Waals surface area contributed by atoms with E-state index in [1.54, 1.807) is 42.6 Å². The van der Waals surface area contributed by atoms with Gasteiger partial charge in [0, 0.05) is 20.7 Å². The summed E-state index contributed by atoms with van der Waals surface area (Å²) < 4.78 is 34.5. The topological polar surface area (TPSA) is 90.0 Å². The van der Waals surface area contributed by atoms with Gasteiger partial charge in [-0.15, -0.1) is 5.10 Å². The molecule has 0 saturated heterocycles. The van der Waals surface area contributed by atoms with Crippen LogP contribution in [0.3, 0.4) is 0 Å². The summed E-state index contributed by atoms with van der Waals surface area (Å²) >= 11 is 2.14. The van der Waals surface area contributed by atoms with E-state index >= 15 is 0 Å². The summed E-state index contributed by atoms with van der Waals surface area (Å²) in [5.41, 5.74) is 3.41. The van der Waals surface area contributed by atoms with Crippen LogP contribution < -0.4 is 5.32 Å². The first-order valence-electron chi connectivity index (χ1n) is 10.6. The molecule has 0 spiro atoms. The maximum atomic E-state index is 13.3. The molecule has 1 N–H and O–H groups in total. The Morgan fingerprint density at radius 1 is 1.00 bits per heavy atom. The summed E-state index contributed by atoms with van der Waals surface area (Å²) in [6.07, 6.45) is 1.63. The number of hydrogen-bond acceptors (Lipinski definition) is 6. The van der Waals surface area contributed by atoms with Gasteiger partial charge in [0.2, 0.25) is 5.89 Å². The lowest BCUT2D eigenvalue weighted by atomic mass is 10.1. The van der Waals surface area contributed by atoms with E-state index in [-0.39, 0.29) is 10.9 Å². The Balaban J connectivity index is 1.46. The minimum Gasteiger partial charge on any atom is -0.403 e. The predicted octanol–water partition coefficient (Wildman–Crippen LogP) is 6.01. The Labute approximate surface area is 211 Å². The number of aryl methyl sites for hydroxylation is 1. The zero-order chi connectivity index (χ0) is 23.9. The molecule has 0 aliphatic heterocycles. The Hall–Kier alpha value is -3.18. The lowest BCUT2D eigenvalue weighted by Gasteiger charge is -2.11. The van der Waals surface area contributed by atoms with E-state index < -0.39 is 10.0 Å². The van der Waals surface area contributed by atoms with Crippen LogP contribution in [0.2, 0.25) is 0 Å². The highest BCUT2D eigenvalue weighted by molar-refractivity contribution is 14.1. The molecule has 0 bridgehead atoms. The molecule has 2 aromatic heterocycles. The molecule has 172 valence electrons. The van der Waals surface area contributed by atoms with Gasteiger partial charge in [-0.2, -0.15) is 0 Å². The van der Waals surface area contributed by atoms with E-state index in [0.29, 0.717) is 23.0 Å². The Bertz CT molecular complexity index is 1580. The first-order chi connectivity index (χ1) is 16.3. The van der Waals surface area contributed by atoms with Crippen molar-refractivity contribution in [3.05, 3.63) is 93.7 Å². The van der Waals surface area contributed by atoms with Crippen LogP contribution in [-0.2, 0) is 10.0 Å². The van der Waals surface area contributed by atoms with Crippen molar-refractivity contribution in [2.75, 3.05) is 5.32 Å². The molecule has 0 fully saturated rings. The average Bonchev–Trinajstić information content (AvgIpc) is 3.44. The predicted molar refractivity (Wildman–Crippen MR) is 140 cm³/mol. The number of anilines is 1. The van der Waals surface area contributed by atoms with Gasteiger partial charge >= 0.3 is 6.01 Å². The van der Waals surface area contributed by atoms with E-state index in [4.69, 9.17) is 4.42 Å². The highest BCUT2D eigenvalue weighted by Crippen LogP contribution is 2.31. The molecular weight excluding hydrogens is 563 g/mol. The van der Waals surface area contributed by atoms with Gasteiger partial charge in [-0.3, -0.25) is 0 Å². The number of hydrogen-bond donors (Lipinski definition) is 1. The summed E-state index contributed by atoms with van der Waals surface area (Å²) in [5, 5.41) is 12.3. The summed E-state index contributed by atoms with van der Waals surface area (Å²) in [5.74, 6) is 0.356. The summed E-state index contributed by atoms with van der Waals surface area (Å²) in [7, 11) is -3.72. The smallest absolute Gasteiger partial charge is 0.316 e. The normalized spacial score (nSPS) is 12.7. The van der Waals surface area contributed by atoms with Crippen LogP contribution in [0, 0.1) is 10.5 Å². The zero-order valence-electron chi connectivity index (χ0n) is 18.4. The quantitative estimate of drug-likeness (QED) is 0.246. The third kappa shape index (κ3) is 4.21. The molecule has 5 aromatic rings. The van der Waals surface area contributed by atoms with Gasteiger partial charge in [-0.05, 0) is 72.3 Å². The van der Waals surface area contributed by atoms with E-state index in [1.165, 1.54) is 3.97 Å². The fourth-order valence-electron chi connectivity index (χ4n) is 3.73. The van der Waals surface area contributed by atoms with Gasteiger partial charge in [0.1, 0.15) is 0 Å². The van der Waals surface area contributed by atoms with Crippen LogP contribution in [0.25, 0.3) is 22.4 Å². The van der Waals surface area contributed by atoms with Crippen molar-refractivity contribution in [2.45, 2.75) is 24.8 Å². The van der Waals surface area contributed by atoms with Gasteiger partial charge in [-0.25, -0.2) is 12.4 Å². The molecule has 3 aromatic carbocycles. The molecule has 0 radical (unpaired) electrons. The van der Waals surface area contributed by atoms with Crippen LogP contribution in [0.1, 0.15) is 24.1 Å². The van der Waals surface area contributed by atoms with Crippen molar-refractivity contribution in [1.82, 2.24) is 14.2 Å². The monoisotopic (exact) mass is 584 g/mol. The average molecular weight is 584 g/mol. The number of rotatable bonds is 6. The second-order valence-electron chi connectivity index (χ2n) is 8.01. The van der Waals surface area contributed by atoms with E-state index in [2.05, 4.69) is 38.1 Å². The van der Waals surface area contributed by atoms with Crippen molar-refractivity contribution in [3.8, 4) is 11.5 Å². The van der Waals surface area contributed by atoms with Crippen molar-refractivity contribution < 1.29 is 12.8 Å². The molecule has 0 saturated carbocycles. The molecule has 0 aliphatic rings. The highest BCUT2D eigenvalue weighted by Gasteiger charge is 2.22. The number of nitrogens with zero attached hydrogens (tertiary/aromatic N) is 3. The maximum Gasteiger partial charge on any atom is 0.316 e. The number of fused-ring (bicyclic) bond motifs is 1. The second kappa shape index (κ2) is 8.88. The van der Waals surface area contributed by atoms with Gasteiger partial charge in [0.25, 0.3) is 10.0 Å². The van der Waals surface area contributed by atoms with Crippen LogP contribution in [0.4, 0.5) is 6.01 Å². The van der Waals surface area contributed by atoms with Crippen LogP contribution >= 0.6 is 22.6 Å². The van der Waals surface area contributed by atoms with E-state index in [1.807, 2.05) is 50.2 Å². The summed E-state index contributed by atoms with van der Waals surface area (Å²) in [6.45, 7) is 3.94. The standard InChI is InChI=1S/C25H21IN4O3S/c1-16-8-11-20(12-9-16)34(31,32)30-15-22(26)21-14-19(10-13-23(21)30)24-28-29-25(33-24)27-17(2)18-6-4-3-5-7-18/h3-15,17H,1-2H3,(H,27,29). The van der Waals surface area contributed by atoms with Crippen LogP contribution in [0.5, 0.6) is 0 Å². The minimum absolute atomic E-state index is 0.000980. The fourth-order valence-corrected chi connectivity index (χ4v) is 5.99. The number of halogens is 1. The molecule has 0 aliphatic carbocycles. The SMILES string of the molecule is Cc1ccc(S(=O)(=O)n2cc(I)c3cc(-c4nnc(NC(C)c5ccccc5)o4)ccc32)cc1. The first kappa shape index (κ1) is 22.6. The Morgan fingerprint density at radius 3 is 2.47 bits per heavy atom. The fraction of sp³-hybridized carbons (Fsp3) is 0.120. The number of nitrogens with one attached hydrogen (secondary N) is 1. The van der Waals surface area contributed by atoms with Crippen molar-refractivity contribution >= 4 is 49.5 Å². The molecule has 5 rings (SSSR count). The van der Waals surface area contributed by atoms with E-state index in [9.17, 15) is 8.42 Å². The number of aromatic nitrogens is 3. The van der Waals surface area contributed by atoms with Gasteiger partial charge in [-0.1, -0.05) is 53.1 Å². The summed E-state index contributed by atoms with van der Waals surface area (Å²) in [6, 6.07) is 22.6. The third-order valence-corrected chi connectivity index (χ3v) is 8.16. The van der Waals surface area contributed by atoms with Crippen molar-refractivity contribution in [2.24, 2.45) is 0 Å². The van der Waals surface area contributed by atoms with E-state index in [0.717, 1.165) is 20.1 Å². The number of benzene rings is 3. The zero-order valence-corrected chi connectivity index (χ0v) is 21.4. The maximum absolute atomic E-state index is 13.3. The Morgan fingerprint density at radius 2 is 1.74 bits per heavy atom. The Kier molecular flexibility index (Phi) is 5.90. The molecule has 1 unspecified atom stereocenters. The van der Waals surface area contributed by atoms with Gasteiger partial charge in [0.05, 0.1) is 16.5 Å². The molecule has 34 heavy (non-hydrogen) atoms. The molecule has 1 atom stereocenters. The van der Waals surface area contributed by atoms with Crippen LogP contribution in [0.15, 0.2) is 88.3 Å². The van der Waals surface area contributed by atoms with Crippen molar-refractivity contribution in [1.29, 1.82) is 0 Å². The van der Waals surface area contributed by atoms with Gasteiger partial charge in [0.15, 0.2) is 0 Å². The highest BCUT2D eigenvalue weighted by atomic mass is 127. The third-order valence-electron chi connectivity index (χ3n) is 5.61. The molecule has 7 nitrogen and oxygen atoms in total. The first-order valence-corrected chi connectivity index (χ1v) is 13.1. The van der Waals surface area contributed by atoms with Crippen LogP contribution in [-0.4, -0.2) is 22.6 Å².